The van der Waals surface area contributed by atoms with Crippen molar-refractivity contribution in [2.24, 2.45) is 5.41 Å². The molecule has 0 bridgehead atoms. The van der Waals surface area contributed by atoms with Gasteiger partial charge in [0.2, 0.25) is 5.91 Å². The summed E-state index contributed by atoms with van der Waals surface area (Å²) in [5, 5.41) is 0. The first-order valence-electron chi connectivity index (χ1n) is 16.7. The van der Waals surface area contributed by atoms with Crippen molar-refractivity contribution >= 4 is 23.5 Å². The smallest absolute Gasteiger partial charge is 0.410 e. The Bertz CT molecular complexity index is 990. The van der Waals surface area contributed by atoms with Gasteiger partial charge in [0.15, 0.2) is 0 Å². The molecule has 0 atom stereocenters. The van der Waals surface area contributed by atoms with E-state index in [4.69, 9.17) is 4.74 Å². The maximum absolute atomic E-state index is 14.1. The molecule has 1 aromatic rings. The Balaban J connectivity index is 0.00000112. The standard InChI is InChI=1S/C23H32FN3O3.C5H12.C3H6O.C3H8.C2H6/c1-23(2,3)30-22(29)26-13-11-25(12-14-26)16-7-9-17(10-8-16)27-20-6-4-5-19(24)18(20)15-21(27)28;1-5(2,3)4;1-3(2)4;1-3-2;1-2/h4-6,16-17H,7-15H2,1-3H3;1-4H3;1-2H3;3H2,1-2H3;1-2H3. The molecule has 0 unspecified atom stereocenters. The quantitative estimate of drug-likeness (QED) is 0.331. The van der Waals surface area contributed by atoms with Crippen LogP contribution < -0.4 is 4.90 Å². The van der Waals surface area contributed by atoms with Crippen LogP contribution in [0.25, 0.3) is 0 Å². The van der Waals surface area contributed by atoms with E-state index in [1.807, 2.05) is 45.6 Å². The van der Waals surface area contributed by atoms with Crippen LogP contribution in [0.4, 0.5) is 14.9 Å². The summed E-state index contributed by atoms with van der Waals surface area (Å²) in [4.78, 5) is 40.4. The average molecular weight is 622 g/mol. The number of anilines is 1. The molecule has 2 heterocycles. The first-order valence-corrected chi connectivity index (χ1v) is 16.7. The topological polar surface area (TPSA) is 70.2 Å². The Hall–Kier alpha value is -2.48. The Labute approximate surface area is 268 Å². The minimum absolute atomic E-state index is 0.0181. The van der Waals surface area contributed by atoms with Gasteiger partial charge in [-0.1, -0.05) is 67.9 Å². The summed E-state index contributed by atoms with van der Waals surface area (Å²) >= 11 is 0. The Morgan fingerprint density at radius 1 is 0.864 bits per heavy atom. The molecule has 0 radical (unpaired) electrons. The summed E-state index contributed by atoms with van der Waals surface area (Å²) in [6, 6.07) is 5.62. The van der Waals surface area contributed by atoms with Crippen molar-refractivity contribution in [3.05, 3.63) is 29.6 Å². The molecule has 44 heavy (non-hydrogen) atoms. The number of halogens is 1. The van der Waals surface area contributed by atoms with Crippen molar-refractivity contribution in [1.82, 2.24) is 9.80 Å². The Morgan fingerprint density at radius 3 is 1.73 bits per heavy atom. The van der Waals surface area contributed by atoms with Gasteiger partial charge in [0, 0.05) is 43.8 Å². The predicted octanol–water partition coefficient (Wildman–Crippen LogP) is 8.67. The molecule has 0 spiro atoms. The number of Topliss-reactive ketones (excluding diaryl/α,β-unsaturated/α-hetero) is 1. The van der Waals surface area contributed by atoms with Crippen molar-refractivity contribution in [3.8, 4) is 0 Å². The molecule has 4 rings (SSSR count). The summed E-state index contributed by atoms with van der Waals surface area (Å²) in [6.45, 7) is 28.8. The van der Waals surface area contributed by atoms with Crippen LogP contribution in [0.5, 0.6) is 0 Å². The van der Waals surface area contributed by atoms with Gasteiger partial charge in [-0.25, -0.2) is 9.18 Å². The number of rotatable bonds is 2. The molecule has 2 amide bonds. The van der Waals surface area contributed by atoms with Crippen LogP contribution in [-0.4, -0.2) is 71.4 Å². The van der Waals surface area contributed by atoms with Crippen LogP contribution in [0.3, 0.4) is 0 Å². The lowest BCUT2D eigenvalue weighted by Gasteiger charge is -2.43. The molecule has 3 aliphatic rings. The van der Waals surface area contributed by atoms with Crippen molar-refractivity contribution in [1.29, 1.82) is 0 Å². The van der Waals surface area contributed by atoms with E-state index in [9.17, 15) is 18.8 Å². The summed E-state index contributed by atoms with van der Waals surface area (Å²) in [5.41, 5.74) is 1.33. The minimum Gasteiger partial charge on any atom is -0.444 e. The summed E-state index contributed by atoms with van der Waals surface area (Å²) in [6.07, 6.45) is 5.09. The summed E-state index contributed by atoms with van der Waals surface area (Å²) < 4.78 is 19.5. The lowest BCUT2D eigenvalue weighted by atomic mass is 9.88. The van der Waals surface area contributed by atoms with E-state index in [1.165, 1.54) is 26.3 Å². The van der Waals surface area contributed by atoms with Crippen molar-refractivity contribution in [3.63, 3.8) is 0 Å². The van der Waals surface area contributed by atoms with Crippen LogP contribution in [0.1, 0.15) is 128 Å². The number of hydrogen-bond acceptors (Lipinski definition) is 5. The van der Waals surface area contributed by atoms with E-state index in [1.54, 1.807) is 11.0 Å². The molecular formula is C36H64FN3O4. The number of piperazine rings is 1. The third-order valence-electron chi connectivity index (χ3n) is 6.46. The monoisotopic (exact) mass is 621 g/mol. The molecule has 1 saturated carbocycles. The molecule has 254 valence electrons. The normalized spacial score (nSPS) is 19.8. The van der Waals surface area contributed by atoms with E-state index in [0.29, 0.717) is 30.1 Å². The number of fused-ring (bicyclic) bond motifs is 1. The van der Waals surface area contributed by atoms with Crippen LogP contribution in [0.15, 0.2) is 18.2 Å². The molecule has 2 aliphatic heterocycles. The number of hydrogen-bond donors (Lipinski definition) is 0. The second-order valence-electron chi connectivity index (χ2n) is 14.3. The number of ketones is 1. The number of ether oxygens (including phenoxy) is 1. The van der Waals surface area contributed by atoms with Crippen LogP contribution in [0, 0.1) is 11.2 Å². The molecule has 8 heteroatoms. The predicted molar refractivity (Wildman–Crippen MR) is 182 cm³/mol. The van der Waals surface area contributed by atoms with E-state index in [0.717, 1.165) is 44.5 Å². The Morgan fingerprint density at radius 2 is 1.30 bits per heavy atom. The number of benzene rings is 1. The Kier molecular flexibility index (Phi) is 18.7. The van der Waals surface area contributed by atoms with Crippen molar-refractivity contribution in [2.75, 3.05) is 31.1 Å². The van der Waals surface area contributed by atoms with Gasteiger partial charge < -0.3 is 19.3 Å². The highest BCUT2D eigenvalue weighted by atomic mass is 19.1. The highest BCUT2D eigenvalue weighted by Crippen LogP contribution is 2.37. The van der Waals surface area contributed by atoms with E-state index >= 15 is 0 Å². The van der Waals surface area contributed by atoms with Gasteiger partial charge >= 0.3 is 6.09 Å². The maximum atomic E-state index is 14.1. The van der Waals surface area contributed by atoms with Crippen molar-refractivity contribution < 1.29 is 23.5 Å². The molecule has 0 aromatic heterocycles. The van der Waals surface area contributed by atoms with Crippen LogP contribution in [0.2, 0.25) is 0 Å². The van der Waals surface area contributed by atoms with Gasteiger partial charge in [-0.2, -0.15) is 0 Å². The van der Waals surface area contributed by atoms with E-state index in [-0.39, 0.29) is 36.1 Å². The third-order valence-corrected chi connectivity index (χ3v) is 6.46. The SMILES string of the molecule is CC.CC(C)(C)C.CC(C)(C)OC(=O)N1CCN(C2CCC(N3C(=O)Cc4c(F)cccc43)CC2)CC1.CC(C)=O.CCC. The minimum atomic E-state index is -0.471. The molecule has 7 nitrogen and oxygen atoms in total. The van der Waals surface area contributed by atoms with Crippen molar-refractivity contribution in [2.45, 2.75) is 146 Å². The second kappa shape index (κ2) is 19.8. The molecule has 1 aliphatic carbocycles. The molecule has 0 N–H and O–H groups in total. The highest BCUT2D eigenvalue weighted by Gasteiger charge is 2.38. The van der Waals surface area contributed by atoms with Gasteiger partial charge in [-0.05, 0) is 77.8 Å². The number of nitrogens with zero attached hydrogens (tertiary/aromatic N) is 3. The first kappa shape index (κ1) is 41.5. The van der Waals surface area contributed by atoms with Gasteiger partial charge in [0.05, 0.1) is 12.1 Å². The average Bonchev–Trinajstić information content (AvgIpc) is 3.25. The fraction of sp³-hybridized carbons (Fsp3) is 0.750. The maximum Gasteiger partial charge on any atom is 0.410 e. The van der Waals surface area contributed by atoms with Crippen LogP contribution in [-0.2, 0) is 20.7 Å². The lowest BCUT2D eigenvalue weighted by molar-refractivity contribution is -0.118. The molecule has 1 saturated heterocycles. The highest BCUT2D eigenvalue weighted by molar-refractivity contribution is 6.02. The summed E-state index contributed by atoms with van der Waals surface area (Å²) in [5.74, 6) is -0.0931. The van der Waals surface area contributed by atoms with E-state index < -0.39 is 5.60 Å². The van der Waals surface area contributed by atoms with Gasteiger partial charge in [-0.15, -0.1) is 0 Å². The zero-order valence-corrected chi connectivity index (χ0v) is 30.3. The summed E-state index contributed by atoms with van der Waals surface area (Å²) in [7, 11) is 0. The first-order chi connectivity index (χ1) is 20.4. The second-order valence-corrected chi connectivity index (χ2v) is 14.3. The molecule has 1 aromatic carbocycles. The van der Waals surface area contributed by atoms with Crippen LogP contribution >= 0.6 is 0 Å². The third kappa shape index (κ3) is 16.0. The fourth-order valence-electron chi connectivity index (χ4n) is 5.00. The van der Waals surface area contributed by atoms with Gasteiger partial charge in [-0.3, -0.25) is 9.69 Å². The number of carbonyl (C=O) groups excluding carboxylic acids is 3. The largest absolute Gasteiger partial charge is 0.444 e. The fourth-order valence-corrected chi connectivity index (χ4v) is 5.00. The number of carbonyl (C=O) groups is 3. The van der Waals surface area contributed by atoms with Gasteiger partial charge in [0.1, 0.15) is 17.2 Å². The number of amides is 2. The molecule has 2 fully saturated rings. The lowest BCUT2D eigenvalue weighted by Crippen LogP contribution is -2.54. The van der Waals surface area contributed by atoms with E-state index in [2.05, 4.69) is 46.4 Å². The van der Waals surface area contributed by atoms with Gasteiger partial charge in [0.25, 0.3) is 0 Å². The zero-order chi connectivity index (χ0) is 34.3. The zero-order valence-electron chi connectivity index (χ0n) is 30.3. The molecular weight excluding hydrogens is 557 g/mol.